The lowest BCUT2D eigenvalue weighted by Gasteiger charge is -2.05. The van der Waals surface area contributed by atoms with Crippen molar-refractivity contribution in [3.05, 3.63) is 18.1 Å². The molecule has 1 N–H and O–H groups in total. The van der Waals surface area contributed by atoms with E-state index in [1.807, 2.05) is 6.92 Å². The molecule has 0 fully saturated rings. The van der Waals surface area contributed by atoms with Crippen LogP contribution in [0.15, 0.2) is 12.4 Å². The van der Waals surface area contributed by atoms with Gasteiger partial charge < -0.3 is 14.8 Å². The molecule has 0 radical (unpaired) electrons. The molecule has 90 valence electrons. The summed E-state index contributed by atoms with van der Waals surface area (Å²) < 4.78 is 10.5. The summed E-state index contributed by atoms with van der Waals surface area (Å²) in [4.78, 5) is 8.37. The average Bonchev–Trinajstić information content (AvgIpc) is 2.33. The number of nitrogens with zero attached hydrogens (tertiary/aromatic N) is 2. The molecule has 16 heavy (non-hydrogen) atoms. The van der Waals surface area contributed by atoms with Gasteiger partial charge in [0.1, 0.15) is 6.61 Å². The zero-order valence-corrected chi connectivity index (χ0v) is 9.90. The normalized spacial score (nSPS) is 10.4. The third-order valence-electron chi connectivity index (χ3n) is 1.92. The summed E-state index contributed by atoms with van der Waals surface area (Å²) >= 11 is 0. The predicted octanol–water partition coefficient (Wildman–Crippen LogP) is 1.00. The maximum atomic E-state index is 5.35. The fourth-order valence-electron chi connectivity index (χ4n) is 1.11. The van der Waals surface area contributed by atoms with Gasteiger partial charge in [-0.15, -0.1) is 0 Å². The second-order valence-corrected chi connectivity index (χ2v) is 3.17. The van der Waals surface area contributed by atoms with Crippen molar-refractivity contribution in [1.29, 1.82) is 0 Å². The van der Waals surface area contributed by atoms with Crippen LogP contribution in [0.3, 0.4) is 0 Å². The highest BCUT2D eigenvalue weighted by Gasteiger charge is 1.97. The van der Waals surface area contributed by atoms with Gasteiger partial charge in [0, 0.05) is 13.2 Å². The molecule has 0 bridgehead atoms. The van der Waals surface area contributed by atoms with E-state index < -0.39 is 0 Å². The zero-order chi connectivity index (χ0) is 11.6. The predicted molar refractivity (Wildman–Crippen MR) is 61.4 cm³/mol. The van der Waals surface area contributed by atoms with Crippen molar-refractivity contribution in [1.82, 2.24) is 15.3 Å². The lowest BCUT2D eigenvalue weighted by molar-refractivity contribution is 0.108. The number of hydrogen-bond acceptors (Lipinski definition) is 5. The van der Waals surface area contributed by atoms with E-state index in [9.17, 15) is 0 Å². The quantitative estimate of drug-likeness (QED) is 0.669. The Balaban J connectivity index is 2.27. The van der Waals surface area contributed by atoms with Gasteiger partial charge in [-0.25, -0.2) is 4.98 Å². The van der Waals surface area contributed by atoms with E-state index in [1.165, 1.54) is 0 Å². The number of aromatic nitrogens is 2. The smallest absolute Gasteiger partial charge is 0.232 e. The molecule has 0 atom stereocenters. The van der Waals surface area contributed by atoms with Gasteiger partial charge in [0.05, 0.1) is 24.7 Å². The monoisotopic (exact) mass is 225 g/mol. The Morgan fingerprint density at radius 2 is 2.06 bits per heavy atom. The summed E-state index contributed by atoms with van der Waals surface area (Å²) in [6.45, 7) is 7.47. The first-order chi connectivity index (χ1) is 7.86. The summed E-state index contributed by atoms with van der Waals surface area (Å²) in [5.41, 5.74) is 0.916. The second-order valence-electron chi connectivity index (χ2n) is 3.17. The fourth-order valence-corrected chi connectivity index (χ4v) is 1.11. The fraction of sp³-hybridized carbons (Fsp3) is 0.636. The minimum absolute atomic E-state index is 0.509. The maximum Gasteiger partial charge on any atom is 0.232 e. The first-order valence-electron chi connectivity index (χ1n) is 5.59. The third kappa shape index (κ3) is 5.04. The summed E-state index contributed by atoms with van der Waals surface area (Å²) in [6.07, 6.45) is 3.36. The molecular formula is C11H19N3O2. The van der Waals surface area contributed by atoms with E-state index in [2.05, 4.69) is 22.2 Å². The summed E-state index contributed by atoms with van der Waals surface area (Å²) in [5, 5.41) is 3.18. The minimum atomic E-state index is 0.509. The Hall–Kier alpha value is -1.20. The molecule has 1 rings (SSSR count). The molecule has 0 aromatic carbocycles. The van der Waals surface area contributed by atoms with Gasteiger partial charge in [-0.05, 0) is 13.5 Å². The molecule has 0 aliphatic heterocycles. The van der Waals surface area contributed by atoms with Gasteiger partial charge in [-0.1, -0.05) is 6.92 Å². The molecule has 0 saturated carbocycles. The first-order valence-corrected chi connectivity index (χ1v) is 5.59. The molecule has 0 spiro atoms. The summed E-state index contributed by atoms with van der Waals surface area (Å²) in [6, 6.07) is 0. The van der Waals surface area contributed by atoms with Gasteiger partial charge in [0.2, 0.25) is 5.88 Å². The van der Waals surface area contributed by atoms with E-state index in [1.54, 1.807) is 12.4 Å². The van der Waals surface area contributed by atoms with Crippen LogP contribution < -0.4 is 10.1 Å². The number of hydrogen-bond donors (Lipinski definition) is 1. The minimum Gasteiger partial charge on any atom is -0.474 e. The van der Waals surface area contributed by atoms with Crippen molar-refractivity contribution in [3.8, 4) is 5.88 Å². The van der Waals surface area contributed by atoms with Crippen molar-refractivity contribution in [2.45, 2.75) is 20.4 Å². The highest BCUT2D eigenvalue weighted by Crippen LogP contribution is 2.03. The Bertz CT molecular complexity index is 277. The Labute approximate surface area is 96.2 Å². The lowest BCUT2D eigenvalue weighted by atomic mass is 10.4. The van der Waals surface area contributed by atoms with Gasteiger partial charge in [-0.2, -0.15) is 0 Å². The van der Waals surface area contributed by atoms with Crippen molar-refractivity contribution < 1.29 is 9.47 Å². The van der Waals surface area contributed by atoms with E-state index in [4.69, 9.17) is 9.47 Å². The molecule has 5 nitrogen and oxygen atoms in total. The topological polar surface area (TPSA) is 56.3 Å². The van der Waals surface area contributed by atoms with Crippen LogP contribution in [-0.2, 0) is 11.3 Å². The molecule has 0 aliphatic rings. The highest BCUT2D eigenvalue weighted by atomic mass is 16.5. The number of rotatable bonds is 8. The van der Waals surface area contributed by atoms with Crippen molar-refractivity contribution in [2.75, 3.05) is 26.4 Å². The lowest BCUT2D eigenvalue weighted by Crippen LogP contribution is -2.13. The van der Waals surface area contributed by atoms with Crippen LogP contribution in [0, 0.1) is 0 Å². The van der Waals surface area contributed by atoms with E-state index in [-0.39, 0.29) is 0 Å². The number of ether oxygens (including phenoxy) is 2. The van der Waals surface area contributed by atoms with Crippen LogP contribution in [0.5, 0.6) is 5.88 Å². The molecular weight excluding hydrogens is 206 g/mol. The molecule has 1 heterocycles. The van der Waals surface area contributed by atoms with Gasteiger partial charge >= 0.3 is 0 Å². The molecule has 1 aromatic heterocycles. The molecule has 0 aliphatic carbocycles. The third-order valence-corrected chi connectivity index (χ3v) is 1.92. The maximum absolute atomic E-state index is 5.35. The van der Waals surface area contributed by atoms with Gasteiger partial charge in [0.15, 0.2) is 0 Å². The largest absolute Gasteiger partial charge is 0.474 e. The van der Waals surface area contributed by atoms with Crippen LogP contribution in [0.2, 0.25) is 0 Å². The SMILES string of the molecule is CCNCc1cnc(OCCOCC)cn1. The molecule has 0 amide bonds. The molecule has 0 unspecified atom stereocenters. The van der Waals surface area contributed by atoms with Crippen LogP contribution in [0.4, 0.5) is 0 Å². The Morgan fingerprint density at radius 1 is 1.19 bits per heavy atom. The van der Waals surface area contributed by atoms with Crippen molar-refractivity contribution >= 4 is 0 Å². The van der Waals surface area contributed by atoms with Crippen LogP contribution in [0.1, 0.15) is 19.5 Å². The molecule has 5 heteroatoms. The van der Waals surface area contributed by atoms with E-state index >= 15 is 0 Å². The Kier molecular flexibility index (Phi) is 6.44. The molecule has 1 aromatic rings. The standard InChI is InChI=1S/C11H19N3O2/c1-3-12-7-10-8-14-11(9-13-10)16-6-5-15-4-2/h8-9,12H,3-7H2,1-2H3. The summed E-state index contributed by atoms with van der Waals surface area (Å²) in [5.74, 6) is 0.542. The van der Waals surface area contributed by atoms with Crippen LogP contribution >= 0.6 is 0 Å². The zero-order valence-electron chi connectivity index (χ0n) is 9.90. The summed E-state index contributed by atoms with van der Waals surface area (Å²) in [7, 11) is 0. The van der Waals surface area contributed by atoms with Gasteiger partial charge in [0.25, 0.3) is 0 Å². The van der Waals surface area contributed by atoms with Gasteiger partial charge in [-0.3, -0.25) is 4.98 Å². The molecule has 0 saturated heterocycles. The second kappa shape index (κ2) is 8.01. The Morgan fingerprint density at radius 3 is 2.69 bits per heavy atom. The number of nitrogens with one attached hydrogen (secondary N) is 1. The van der Waals surface area contributed by atoms with Crippen LogP contribution in [-0.4, -0.2) is 36.3 Å². The average molecular weight is 225 g/mol. The van der Waals surface area contributed by atoms with Crippen molar-refractivity contribution in [2.24, 2.45) is 0 Å². The van der Waals surface area contributed by atoms with Crippen molar-refractivity contribution in [3.63, 3.8) is 0 Å². The van der Waals surface area contributed by atoms with Crippen LogP contribution in [0.25, 0.3) is 0 Å². The van der Waals surface area contributed by atoms with E-state index in [0.717, 1.165) is 18.8 Å². The highest BCUT2D eigenvalue weighted by molar-refractivity contribution is 5.06. The van der Waals surface area contributed by atoms with E-state index in [0.29, 0.717) is 25.7 Å². The first kappa shape index (κ1) is 12.9.